The van der Waals surface area contributed by atoms with Crippen molar-refractivity contribution >= 4 is 160 Å². The molecule has 0 bridgehead atoms. The smallest absolute Gasteiger partial charge is 0.0895 e. The standard InChI is InChI=1S/3C35H22N2S.CH4/c1-2-12-24(29-21-22-34-35(36-29)28-16-6-10-20-33(28)38-34)23(11-1)25-13-3-7-17-30(25)37-31-18-8-4-14-26(31)27-15-5-9-19-32(27)37;1-2-13-26(30-20-21-34-35(36-30)29-16-5-8-19-33(29)38-34)25(12-1)23-10-9-11-24(22-23)37-31-17-6-3-14-27(31)28-15-4-7-18-32(28)37;1-2-10-26(30-21-22-34-35(36-30)29-13-5-8-16-33(29)38-34)25(9-1)23-17-19-24(20-18-23)37-31-14-6-3-11-27(31)28-12-4-7-15-32(28)37;/h3*1-22H;1H4. The van der Waals surface area contributed by atoms with Gasteiger partial charge in [-0.25, -0.2) is 15.0 Å². The van der Waals surface area contributed by atoms with Crippen molar-refractivity contribution in [2.45, 2.75) is 7.43 Å². The van der Waals surface area contributed by atoms with E-state index in [0.717, 1.165) is 61.7 Å². The molecule has 24 rings (SSSR count). The van der Waals surface area contributed by atoms with Gasteiger partial charge in [0.15, 0.2) is 0 Å². The molecule has 6 nitrogen and oxygen atoms in total. The van der Waals surface area contributed by atoms with E-state index in [1.165, 1.54) is 149 Å². The molecule has 0 radical (unpaired) electrons. The minimum atomic E-state index is 0. The second-order valence-corrected chi connectivity index (χ2v) is 32.0. The number of hydrogen-bond donors (Lipinski definition) is 0. The summed E-state index contributed by atoms with van der Waals surface area (Å²) in [4.78, 5) is 15.5. The van der Waals surface area contributed by atoms with Crippen LogP contribution in [0.5, 0.6) is 0 Å². The van der Waals surface area contributed by atoms with Crippen molar-refractivity contribution in [2.75, 3.05) is 0 Å². The number of para-hydroxylation sites is 7. The minimum Gasteiger partial charge on any atom is -0.309 e. The predicted octanol–water partition coefficient (Wildman–Crippen LogP) is 30.3. The Labute approximate surface area is 675 Å². The highest BCUT2D eigenvalue weighted by molar-refractivity contribution is 7.26. The van der Waals surface area contributed by atoms with Crippen molar-refractivity contribution in [3.05, 3.63) is 400 Å². The molecule has 0 aliphatic heterocycles. The molecule has 0 aliphatic carbocycles. The molecule has 0 N–H and O–H groups in total. The lowest BCUT2D eigenvalue weighted by Gasteiger charge is -2.16. The maximum absolute atomic E-state index is 5.22. The maximum Gasteiger partial charge on any atom is 0.0895 e. The maximum atomic E-state index is 5.22. The zero-order chi connectivity index (χ0) is 75.2. The summed E-state index contributed by atoms with van der Waals surface area (Å²) in [7, 11) is 0. The van der Waals surface area contributed by atoms with E-state index in [9.17, 15) is 0 Å². The molecule has 0 spiro atoms. The van der Waals surface area contributed by atoms with Gasteiger partial charge in [0.2, 0.25) is 0 Å². The van der Waals surface area contributed by atoms with Crippen LogP contribution in [0.1, 0.15) is 7.43 Å². The van der Waals surface area contributed by atoms with Crippen LogP contribution in [0.4, 0.5) is 0 Å². The fourth-order valence-corrected chi connectivity index (χ4v) is 20.3. The van der Waals surface area contributed by atoms with E-state index in [2.05, 4.69) is 414 Å². The zero-order valence-corrected chi connectivity index (χ0v) is 64.0. The molecule has 0 amide bonds. The van der Waals surface area contributed by atoms with Crippen LogP contribution in [0.15, 0.2) is 400 Å². The minimum absolute atomic E-state index is 0. The first-order valence-electron chi connectivity index (χ1n) is 38.5. The first-order valence-corrected chi connectivity index (χ1v) is 40.9. The monoisotopic (exact) mass is 1520 g/mol. The molecule has 542 valence electrons. The Morgan fingerprint density at radius 1 is 0.183 bits per heavy atom. The highest BCUT2D eigenvalue weighted by atomic mass is 32.1. The summed E-state index contributed by atoms with van der Waals surface area (Å²) in [6.07, 6.45) is 0. The van der Waals surface area contributed by atoms with E-state index in [1.54, 1.807) is 34.0 Å². The van der Waals surface area contributed by atoms with E-state index in [0.29, 0.717) is 0 Å². The molecule has 9 heterocycles. The molecule has 0 aliphatic rings. The average molecular weight is 1520 g/mol. The first-order chi connectivity index (χ1) is 56.6. The number of pyridine rings is 3. The number of hydrogen-bond acceptors (Lipinski definition) is 6. The molecule has 0 atom stereocenters. The summed E-state index contributed by atoms with van der Waals surface area (Å²) in [5.41, 5.74) is 27.5. The van der Waals surface area contributed by atoms with Crippen LogP contribution in [-0.2, 0) is 0 Å². The molecule has 9 aromatic heterocycles. The summed E-state index contributed by atoms with van der Waals surface area (Å²) in [6, 6.07) is 143. The van der Waals surface area contributed by atoms with E-state index in [-0.39, 0.29) is 7.43 Å². The molecule has 0 fully saturated rings. The third-order valence-corrected chi connectivity index (χ3v) is 25.7. The van der Waals surface area contributed by atoms with Gasteiger partial charge in [-0.1, -0.05) is 286 Å². The lowest BCUT2D eigenvalue weighted by atomic mass is 9.95. The van der Waals surface area contributed by atoms with Crippen LogP contribution in [0.25, 0.3) is 211 Å². The second kappa shape index (κ2) is 28.8. The Hall–Kier alpha value is -14.2. The molecule has 0 saturated carbocycles. The van der Waals surface area contributed by atoms with Crippen LogP contribution in [-0.4, -0.2) is 28.7 Å². The van der Waals surface area contributed by atoms with E-state index >= 15 is 0 Å². The van der Waals surface area contributed by atoms with Crippen molar-refractivity contribution < 1.29 is 0 Å². The van der Waals surface area contributed by atoms with Gasteiger partial charge < -0.3 is 13.7 Å². The fourth-order valence-electron chi connectivity index (χ4n) is 17.2. The second-order valence-electron chi connectivity index (χ2n) is 28.8. The summed E-state index contributed by atoms with van der Waals surface area (Å²) < 4.78 is 14.6. The Morgan fingerprint density at radius 2 is 0.478 bits per heavy atom. The van der Waals surface area contributed by atoms with Crippen LogP contribution in [0, 0.1) is 0 Å². The number of rotatable bonds is 9. The summed E-state index contributed by atoms with van der Waals surface area (Å²) >= 11 is 5.41. The average Bonchev–Trinajstić information content (AvgIpc) is 1.60. The number of nitrogens with zero attached hydrogens (tertiary/aromatic N) is 6. The lowest BCUT2D eigenvalue weighted by molar-refractivity contribution is 1.18. The van der Waals surface area contributed by atoms with E-state index in [1.807, 2.05) is 0 Å². The quantitative estimate of drug-likeness (QED) is 0.145. The first kappa shape index (κ1) is 68.8. The van der Waals surface area contributed by atoms with Gasteiger partial charge in [-0.15, -0.1) is 34.0 Å². The molecular formula is C106H70N6S3. The van der Waals surface area contributed by atoms with Gasteiger partial charge in [0, 0.05) is 96.2 Å². The Morgan fingerprint density at radius 3 is 0.878 bits per heavy atom. The summed E-state index contributed by atoms with van der Waals surface area (Å²) in [5, 5.41) is 11.3. The molecular weight excluding hydrogens is 1450 g/mol. The number of benzene rings is 15. The van der Waals surface area contributed by atoms with Gasteiger partial charge in [-0.05, 0) is 149 Å². The zero-order valence-electron chi connectivity index (χ0n) is 61.5. The third kappa shape index (κ3) is 11.9. The van der Waals surface area contributed by atoms with Crippen LogP contribution < -0.4 is 0 Å². The van der Waals surface area contributed by atoms with Crippen LogP contribution >= 0.6 is 34.0 Å². The van der Waals surface area contributed by atoms with Gasteiger partial charge in [-0.3, -0.25) is 0 Å². The third-order valence-electron chi connectivity index (χ3n) is 22.3. The SMILES string of the molecule is C.c1cc(-c2ccccc2-c2ccc3sc4ccccc4c3n2)cc(-n2c3ccccc3c3ccccc32)c1.c1ccc(-c2ccc3sc4ccccc4c3n2)c(-c2ccc(-n3c4ccccc4c4ccccc43)cc2)c1.c1ccc(-c2ccccc2-n2c3ccccc3c3ccccc32)c(-c2ccc3sc4ccccc4c3n2)c1. The highest BCUT2D eigenvalue weighted by Gasteiger charge is 2.22. The summed E-state index contributed by atoms with van der Waals surface area (Å²) in [5.74, 6) is 0. The number of aromatic nitrogens is 6. The Bertz CT molecular complexity index is 7740. The normalized spacial score (nSPS) is 11.6. The highest BCUT2D eigenvalue weighted by Crippen LogP contribution is 2.45. The number of fused-ring (bicyclic) bond motifs is 18. The van der Waals surface area contributed by atoms with Gasteiger partial charge in [-0.2, -0.15) is 0 Å². The van der Waals surface area contributed by atoms with Gasteiger partial charge in [0.05, 0.1) is 86.5 Å². The molecule has 0 unspecified atom stereocenters. The van der Waals surface area contributed by atoms with Crippen LogP contribution in [0.2, 0.25) is 0 Å². The topological polar surface area (TPSA) is 53.5 Å². The van der Waals surface area contributed by atoms with Crippen molar-refractivity contribution in [3.63, 3.8) is 0 Å². The number of thiophene rings is 3. The van der Waals surface area contributed by atoms with Gasteiger partial charge >= 0.3 is 0 Å². The molecule has 115 heavy (non-hydrogen) atoms. The predicted molar refractivity (Wildman–Crippen MR) is 494 cm³/mol. The Balaban J connectivity index is 0.000000108. The van der Waals surface area contributed by atoms with Crippen molar-refractivity contribution in [1.82, 2.24) is 28.7 Å². The molecule has 0 saturated heterocycles. The van der Waals surface area contributed by atoms with Crippen LogP contribution in [0.3, 0.4) is 0 Å². The van der Waals surface area contributed by atoms with E-state index in [4.69, 9.17) is 15.0 Å². The molecule has 15 aromatic carbocycles. The largest absolute Gasteiger partial charge is 0.309 e. The fraction of sp³-hybridized carbons (Fsp3) is 0.00943. The lowest BCUT2D eigenvalue weighted by Crippen LogP contribution is -1.98. The van der Waals surface area contributed by atoms with Gasteiger partial charge in [0.25, 0.3) is 0 Å². The van der Waals surface area contributed by atoms with Gasteiger partial charge in [0.1, 0.15) is 0 Å². The molecule has 24 aromatic rings. The summed E-state index contributed by atoms with van der Waals surface area (Å²) in [6.45, 7) is 0. The van der Waals surface area contributed by atoms with Crippen molar-refractivity contribution in [1.29, 1.82) is 0 Å². The molecule has 9 heteroatoms. The Kier molecular flexibility index (Phi) is 17.3. The van der Waals surface area contributed by atoms with E-state index < -0.39 is 0 Å². The van der Waals surface area contributed by atoms with Crippen molar-refractivity contribution in [3.8, 4) is 84.2 Å². The van der Waals surface area contributed by atoms with Crippen molar-refractivity contribution in [2.24, 2.45) is 0 Å².